The van der Waals surface area contributed by atoms with Crippen LogP contribution in [0, 0.1) is 0 Å². The van der Waals surface area contributed by atoms with Gasteiger partial charge in [-0.25, -0.2) is 0 Å². The zero-order chi connectivity index (χ0) is 14.5. The topological polar surface area (TPSA) is 61.7 Å². The van der Waals surface area contributed by atoms with Gasteiger partial charge in [0, 0.05) is 22.7 Å². The quantitative estimate of drug-likeness (QED) is 0.748. The summed E-state index contributed by atoms with van der Waals surface area (Å²) in [5, 5.41) is 22.1. The molecular formula is C14H22ClNO3. The molecule has 3 N–H and O–H groups in total. The second kappa shape index (κ2) is 7.10. The van der Waals surface area contributed by atoms with Crippen molar-refractivity contribution in [3.63, 3.8) is 0 Å². The SMILES string of the molecule is CC(C)(C)NCc1c(Cl)cccc1OCC(O)CO. The van der Waals surface area contributed by atoms with E-state index in [2.05, 4.69) is 26.1 Å². The zero-order valence-corrected chi connectivity index (χ0v) is 12.4. The van der Waals surface area contributed by atoms with Gasteiger partial charge in [-0.1, -0.05) is 17.7 Å². The van der Waals surface area contributed by atoms with Crippen molar-refractivity contribution < 1.29 is 14.9 Å². The van der Waals surface area contributed by atoms with Crippen LogP contribution in [0.4, 0.5) is 0 Å². The molecule has 0 saturated carbocycles. The molecule has 1 aromatic rings. The van der Waals surface area contributed by atoms with Crippen molar-refractivity contribution in [1.82, 2.24) is 5.32 Å². The highest BCUT2D eigenvalue weighted by Gasteiger charge is 2.14. The molecule has 0 fully saturated rings. The van der Waals surface area contributed by atoms with Gasteiger partial charge >= 0.3 is 0 Å². The molecule has 19 heavy (non-hydrogen) atoms. The average Bonchev–Trinajstić information content (AvgIpc) is 2.33. The minimum absolute atomic E-state index is 0.0267. The van der Waals surface area contributed by atoms with E-state index in [1.54, 1.807) is 18.2 Å². The number of aliphatic hydroxyl groups is 2. The standard InChI is InChI=1S/C14H22ClNO3/c1-14(2,3)16-7-11-12(15)5-4-6-13(11)19-9-10(18)8-17/h4-6,10,16-18H,7-9H2,1-3H3. The van der Waals surface area contributed by atoms with E-state index < -0.39 is 6.10 Å². The van der Waals surface area contributed by atoms with Crippen molar-refractivity contribution in [2.45, 2.75) is 39.0 Å². The third-order valence-electron chi connectivity index (χ3n) is 2.51. The first-order chi connectivity index (χ1) is 8.83. The lowest BCUT2D eigenvalue weighted by atomic mass is 10.1. The van der Waals surface area contributed by atoms with Gasteiger partial charge in [0.25, 0.3) is 0 Å². The molecule has 1 atom stereocenters. The summed E-state index contributed by atoms with van der Waals surface area (Å²) in [7, 11) is 0. The molecule has 0 radical (unpaired) electrons. The van der Waals surface area contributed by atoms with Gasteiger partial charge < -0.3 is 20.3 Å². The molecule has 1 rings (SSSR count). The molecule has 1 unspecified atom stereocenters. The highest BCUT2D eigenvalue weighted by molar-refractivity contribution is 6.31. The maximum atomic E-state index is 9.31. The van der Waals surface area contributed by atoms with Gasteiger partial charge in [0.15, 0.2) is 0 Å². The largest absolute Gasteiger partial charge is 0.490 e. The molecule has 5 heteroatoms. The van der Waals surface area contributed by atoms with Gasteiger partial charge in [0.2, 0.25) is 0 Å². The maximum absolute atomic E-state index is 9.31. The number of aliphatic hydroxyl groups excluding tert-OH is 2. The number of ether oxygens (including phenoxy) is 1. The van der Waals surface area contributed by atoms with Crippen LogP contribution in [0.1, 0.15) is 26.3 Å². The molecule has 0 heterocycles. The van der Waals surface area contributed by atoms with Gasteiger partial charge in [0.1, 0.15) is 18.5 Å². The lowest BCUT2D eigenvalue weighted by Crippen LogP contribution is -2.35. The molecule has 0 aliphatic heterocycles. The Morgan fingerprint density at radius 1 is 1.37 bits per heavy atom. The van der Waals surface area contributed by atoms with Crippen LogP contribution < -0.4 is 10.1 Å². The van der Waals surface area contributed by atoms with Crippen LogP contribution >= 0.6 is 11.6 Å². The van der Waals surface area contributed by atoms with Gasteiger partial charge in [-0.2, -0.15) is 0 Å². The van der Waals surface area contributed by atoms with Gasteiger partial charge in [-0.3, -0.25) is 0 Å². The highest BCUT2D eigenvalue weighted by atomic mass is 35.5. The van der Waals surface area contributed by atoms with Crippen LogP contribution in [0.25, 0.3) is 0 Å². The van der Waals surface area contributed by atoms with E-state index in [1.165, 1.54) is 0 Å². The first-order valence-electron chi connectivity index (χ1n) is 6.27. The smallest absolute Gasteiger partial charge is 0.125 e. The number of benzene rings is 1. The molecule has 0 bridgehead atoms. The van der Waals surface area contributed by atoms with E-state index in [-0.39, 0.29) is 18.8 Å². The van der Waals surface area contributed by atoms with Crippen LogP contribution in [0.5, 0.6) is 5.75 Å². The Balaban J connectivity index is 2.77. The molecule has 0 aromatic heterocycles. The molecule has 0 spiro atoms. The molecule has 0 aliphatic carbocycles. The molecule has 1 aromatic carbocycles. The molecular weight excluding hydrogens is 266 g/mol. The second-order valence-electron chi connectivity index (χ2n) is 5.47. The normalized spacial score (nSPS) is 13.4. The summed E-state index contributed by atoms with van der Waals surface area (Å²) in [4.78, 5) is 0. The van der Waals surface area contributed by atoms with Gasteiger partial charge in [-0.15, -0.1) is 0 Å². The number of hydrogen-bond acceptors (Lipinski definition) is 4. The van der Waals surface area contributed by atoms with Crippen LogP contribution in [0.15, 0.2) is 18.2 Å². The Morgan fingerprint density at radius 3 is 2.63 bits per heavy atom. The molecule has 108 valence electrons. The van der Waals surface area contributed by atoms with Crippen molar-refractivity contribution in [3.8, 4) is 5.75 Å². The number of nitrogens with one attached hydrogen (secondary N) is 1. The van der Waals surface area contributed by atoms with Crippen LogP contribution in [-0.4, -0.2) is 35.1 Å². The third kappa shape index (κ3) is 5.78. The van der Waals surface area contributed by atoms with Crippen molar-refractivity contribution in [2.75, 3.05) is 13.2 Å². The number of halogens is 1. The summed E-state index contributed by atoms with van der Waals surface area (Å²) >= 11 is 6.18. The highest BCUT2D eigenvalue weighted by Crippen LogP contribution is 2.27. The lowest BCUT2D eigenvalue weighted by molar-refractivity contribution is 0.0532. The Bertz CT molecular complexity index is 404. The van der Waals surface area contributed by atoms with Crippen molar-refractivity contribution >= 4 is 11.6 Å². The fourth-order valence-corrected chi connectivity index (χ4v) is 1.67. The average molecular weight is 288 g/mol. The molecule has 0 amide bonds. The predicted molar refractivity (Wildman–Crippen MR) is 76.6 cm³/mol. The Morgan fingerprint density at radius 2 is 2.05 bits per heavy atom. The summed E-state index contributed by atoms with van der Waals surface area (Å²) < 4.78 is 5.50. The van der Waals surface area contributed by atoms with Crippen molar-refractivity contribution in [2.24, 2.45) is 0 Å². The Hall–Kier alpha value is -0.810. The van der Waals surface area contributed by atoms with Crippen LogP contribution in [-0.2, 0) is 6.54 Å². The van der Waals surface area contributed by atoms with E-state index in [0.717, 1.165) is 5.56 Å². The van der Waals surface area contributed by atoms with E-state index >= 15 is 0 Å². The molecule has 4 nitrogen and oxygen atoms in total. The summed E-state index contributed by atoms with van der Waals surface area (Å²) in [6.45, 7) is 6.50. The summed E-state index contributed by atoms with van der Waals surface area (Å²) in [6.07, 6.45) is -0.887. The second-order valence-corrected chi connectivity index (χ2v) is 5.87. The lowest BCUT2D eigenvalue weighted by Gasteiger charge is -2.22. The molecule has 0 saturated heterocycles. The van der Waals surface area contributed by atoms with Crippen LogP contribution in [0.2, 0.25) is 5.02 Å². The van der Waals surface area contributed by atoms with E-state index in [4.69, 9.17) is 21.4 Å². The first kappa shape index (κ1) is 16.2. The Kier molecular flexibility index (Phi) is 6.07. The monoisotopic (exact) mass is 287 g/mol. The van der Waals surface area contributed by atoms with E-state index in [9.17, 15) is 5.11 Å². The zero-order valence-electron chi connectivity index (χ0n) is 11.6. The van der Waals surface area contributed by atoms with E-state index in [1.807, 2.05) is 0 Å². The van der Waals surface area contributed by atoms with Gasteiger partial charge in [0.05, 0.1) is 6.61 Å². The minimum atomic E-state index is -0.887. The minimum Gasteiger partial charge on any atom is -0.490 e. The van der Waals surface area contributed by atoms with Crippen LogP contribution in [0.3, 0.4) is 0 Å². The maximum Gasteiger partial charge on any atom is 0.125 e. The Labute approximate surface area is 119 Å². The summed E-state index contributed by atoms with van der Waals surface area (Å²) in [5.74, 6) is 0.622. The predicted octanol–water partition coefficient (Wildman–Crippen LogP) is 1.96. The van der Waals surface area contributed by atoms with Crippen molar-refractivity contribution in [1.29, 1.82) is 0 Å². The van der Waals surface area contributed by atoms with Gasteiger partial charge in [-0.05, 0) is 32.9 Å². The number of rotatable bonds is 6. The third-order valence-corrected chi connectivity index (χ3v) is 2.87. The number of hydrogen-bond donors (Lipinski definition) is 3. The molecule has 0 aliphatic rings. The summed E-state index contributed by atoms with van der Waals surface area (Å²) in [6, 6.07) is 5.40. The fourth-order valence-electron chi connectivity index (χ4n) is 1.44. The van der Waals surface area contributed by atoms with Crippen molar-refractivity contribution in [3.05, 3.63) is 28.8 Å². The fraction of sp³-hybridized carbons (Fsp3) is 0.571. The van der Waals surface area contributed by atoms with E-state index in [0.29, 0.717) is 17.3 Å². The summed E-state index contributed by atoms with van der Waals surface area (Å²) in [5.41, 5.74) is 0.824. The first-order valence-corrected chi connectivity index (χ1v) is 6.65.